The SMILES string of the molecule is COC(=O)C#C[C@]1(O)CC[C@H]2[C@@H]3C[C@@H](O)c4cc(Oc5ccccc5)ccc4[C@H]3CC[C@@]21C. The summed E-state index contributed by atoms with van der Waals surface area (Å²) < 4.78 is 10.6. The van der Waals surface area contributed by atoms with Gasteiger partial charge in [-0.25, -0.2) is 4.79 Å². The molecule has 2 saturated carbocycles. The van der Waals surface area contributed by atoms with E-state index in [1.165, 1.54) is 12.7 Å². The molecule has 0 radical (unpaired) electrons. The molecule has 0 unspecified atom stereocenters. The first-order valence-corrected chi connectivity index (χ1v) is 11.7. The molecule has 0 aliphatic heterocycles. The molecule has 0 heterocycles. The quantitative estimate of drug-likeness (QED) is 0.396. The fraction of sp³-hybridized carbons (Fsp3) is 0.464. The van der Waals surface area contributed by atoms with Crippen molar-refractivity contribution in [1.82, 2.24) is 0 Å². The van der Waals surface area contributed by atoms with Crippen LogP contribution in [0, 0.1) is 29.1 Å². The van der Waals surface area contributed by atoms with Crippen molar-refractivity contribution in [3.63, 3.8) is 0 Å². The van der Waals surface area contributed by atoms with Gasteiger partial charge in [-0.15, -0.1) is 0 Å². The zero-order chi connectivity index (χ0) is 23.2. The molecule has 172 valence electrons. The van der Waals surface area contributed by atoms with E-state index in [0.29, 0.717) is 18.8 Å². The Hall–Kier alpha value is -2.81. The predicted molar refractivity (Wildman–Crippen MR) is 124 cm³/mol. The van der Waals surface area contributed by atoms with Gasteiger partial charge >= 0.3 is 5.97 Å². The molecule has 0 aromatic heterocycles. The molecule has 2 aromatic carbocycles. The molecule has 0 amide bonds. The molecule has 33 heavy (non-hydrogen) atoms. The number of ether oxygens (including phenoxy) is 2. The third kappa shape index (κ3) is 3.62. The maximum absolute atomic E-state index is 11.6. The van der Waals surface area contributed by atoms with Crippen molar-refractivity contribution in [1.29, 1.82) is 0 Å². The van der Waals surface area contributed by atoms with Crippen LogP contribution in [0.2, 0.25) is 0 Å². The van der Waals surface area contributed by atoms with Crippen molar-refractivity contribution in [3.05, 3.63) is 59.7 Å². The van der Waals surface area contributed by atoms with Crippen LogP contribution in [-0.2, 0) is 9.53 Å². The summed E-state index contributed by atoms with van der Waals surface area (Å²) >= 11 is 0. The molecular weight excluding hydrogens is 416 g/mol. The molecule has 2 N–H and O–H groups in total. The molecular formula is C28H30O5. The van der Waals surface area contributed by atoms with Gasteiger partial charge in [-0.05, 0) is 85.3 Å². The van der Waals surface area contributed by atoms with E-state index in [0.717, 1.165) is 36.3 Å². The first kappa shape index (κ1) is 22.0. The van der Waals surface area contributed by atoms with Crippen molar-refractivity contribution in [2.45, 2.75) is 56.7 Å². The molecule has 5 nitrogen and oxygen atoms in total. The van der Waals surface area contributed by atoms with E-state index < -0.39 is 23.1 Å². The number of aliphatic hydroxyl groups excluding tert-OH is 1. The van der Waals surface area contributed by atoms with E-state index in [-0.39, 0.29) is 11.8 Å². The number of aliphatic hydroxyl groups is 2. The third-order valence-corrected chi connectivity index (χ3v) is 8.44. The van der Waals surface area contributed by atoms with E-state index in [1.54, 1.807) is 0 Å². The lowest BCUT2D eigenvalue weighted by atomic mass is 9.53. The molecule has 5 rings (SSSR count). The second kappa shape index (κ2) is 8.20. The minimum atomic E-state index is -1.21. The third-order valence-electron chi connectivity index (χ3n) is 8.44. The number of esters is 1. The Morgan fingerprint density at radius 3 is 2.61 bits per heavy atom. The van der Waals surface area contributed by atoms with Crippen molar-refractivity contribution >= 4 is 5.97 Å². The predicted octanol–water partition coefficient (Wildman–Crippen LogP) is 4.73. The largest absolute Gasteiger partial charge is 0.459 e. The molecule has 0 bridgehead atoms. The molecule has 0 spiro atoms. The highest BCUT2D eigenvalue weighted by atomic mass is 16.5. The Labute approximate surface area is 194 Å². The number of hydrogen-bond acceptors (Lipinski definition) is 5. The lowest BCUT2D eigenvalue weighted by molar-refractivity contribution is -0.133. The normalized spacial score (nSPS) is 34.2. The summed E-state index contributed by atoms with van der Waals surface area (Å²) in [6.07, 6.45) is 3.20. The topological polar surface area (TPSA) is 76.0 Å². The number of carbonyl (C=O) groups excluding carboxylic acids is 1. The Kier molecular flexibility index (Phi) is 5.47. The lowest BCUT2D eigenvalue weighted by Gasteiger charge is -2.52. The maximum atomic E-state index is 11.6. The summed E-state index contributed by atoms with van der Waals surface area (Å²) in [5.41, 5.74) is 0.516. The molecule has 2 fully saturated rings. The van der Waals surface area contributed by atoms with Gasteiger partial charge in [0.05, 0.1) is 13.2 Å². The van der Waals surface area contributed by atoms with Gasteiger partial charge in [0.1, 0.15) is 17.1 Å². The first-order chi connectivity index (χ1) is 15.8. The Balaban J connectivity index is 1.42. The minimum absolute atomic E-state index is 0.233. The van der Waals surface area contributed by atoms with Crippen LogP contribution >= 0.6 is 0 Å². The highest BCUT2D eigenvalue weighted by Gasteiger charge is 2.61. The van der Waals surface area contributed by atoms with E-state index in [1.807, 2.05) is 42.5 Å². The minimum Gasteiger partial charge on any atom is -0.459 e. The zero-order valence-corrected chi connectivity index (χ0v) is 19.1. The smallest absolute Gasteiger partial charge is 0.384 e. The number of methoxy groups -OCH3 is 1. The fourth-order valence-electron chi connectivity index (χ4n) is 6.68. The van der Waals surface area contributed by atoms with E-state index in [4.69, 9.17) is 4.74 Å². The lowest BCUT2D eigenvalue weighted by Crippen LogP contribution is -2.50. The summed E-state index contributed by atoms with van der Waals surface area (Å²) in [7, 11) is 1.29. The van der Waals surface area contributed by atoms with Gasteiger partial charge in [0.2, 0.25) is 0 Å². The van der Waals surface area contributed by atoms with E-state index >= 15 is 0 Å². The highest BCUT2D eigenvalue weighted by Crippen LogP contribution is 2.65. The van der Waals surface area contributed by atoms with Gasteiger partial charge in [-0.1, -0.05) is 37.1 Å². The van der Waals surface area contributed by atoms with Crippen LogP contribution in [-0.4, -0.2) is 28.9 Å². The average molecular weight is 447 g/mol. The van der Waals surface area contributed by atoms with Gasteiger partial charge in [0, 0.05) is 11.3 Å². The van der Waals surface area contributed by atoms with Crippen LogP contribution in [0.15, 0.2) is 48.5 Å². The molecule has 5 heteroatoms. The molecule has 6 atom stereocenters. The van der Waals surface area contributed by atoms with Gasteiger partial charge in [-0.2, -0.15) is 0 Å². The number of fused-ring (bicyclic) bond motifs is 5. The van der Waals surface area contributed by atoms with Crippen LogP contribution in [0.4, 0.5) is 0 Å². The monoisotopic (exact) mass is 446 g/mol. The maximum Gasteiger partial charge on any atom is 0.384 e. The zero-order valence-electron chi connectivity index (χ0n) is 19.1. The Bertz CT molecular complexity index is 1120. The fourth-order valence-corrected chi connectivity index (χ4v) is 6.68. The van der Waals surface area contributed by atoms with Crippen molar-refractivity contribution in [3.8, 4) is 23.3 Å². The van der Waals surface area contributed by atoms with Crippen LogP contribution in [0.1, 0.15) is 62.2 Å². The standard InChI is InChI=1S/C28H30O5/c1-27-13-10-21-20-9-8-19(33-18-6-4-3-5-7-18)16-23(20)25(29)17-22(21)24(27)11-14-28(27,31)15-12-26(30)32-2/h3-9,16,21-22,24-25,29,31H,10-11,13-14,17H2,1-2H3/t21-,22-,24+,25-,27+,28-/m1/s1. The number of hydrogen-bond donors (Lipinski definition) is 2. The molecule has 3 aliphatic carbocycles. The number of benzene rings is 2. The average Bonchev–Trinajstić information content (AvgIpc) is 3.09. The van der Waals surface area contributed by atoms with Crippen molar-refractivity contribution in [2.24, 2.45) is 17.3 Å². The van der Waals surface area contributed by atoms with Crippen LogP contribution in [0.5, 0.6) is 11.5 Å². The number of rotatable bonds is 2. The summed E-state index contributed by atoms with van der Waals surface area (Å²) in [6.45, 7) is 2.10. The highest BCUT2D eigenvalue weighted by molar-refractivity contribution is 5.88. The van der Waals surface area contributed by atoms with Crippen molar-refractivity contribution in [2.75, 3.05) is 7.11 Å². The Morgan fingerprint density at radius 2 is 1.85 bits per heavy atom. The van der Waals surface area contributed by atoms with Gasteiger partial charge in [-0.3, -0.25) is 0 Å². The van der Waals surface area contributed by atoms with Crippen LogP contribution in [0.3, 0.4) is 0 Å². The van der Waals surface area contributed by atoms with E-state index in [2.05, 4.69) is 29.6 Å². The molecule has 0 saturated heterocycles. The first-order valence-electron chi connectivity index (χ1n) is 11.7. The second-order valence-corrected chi connectivity index (χ2v) is 9.93. The summed E-state index contributed by atoms with van der Waals surface area (Å²) in [5.74, 6) is 7.04. The Morgan fingerprint density at radius 1 is 1.06 bits per heavy atom. The van der Waals surface area contributed by atoms with Gasteiger partial charge in [0.25, 0.3) is 0 Å². The summed E-state index contributed by atoms with van der Waals surface area (Å²) in [5, 5.41) is 22.6. The van der Waals surface area contributed by atoms with Gasteiger partial charge < -0.3 is 19.7 Å². The van der Waals surface area contributed by atoms with Crippen LogP contribution < -0.4 is 4.74 Å². The summed E-state index contributed by atoms with van der Waals surface area (Å²) in [4.78, 5) is 11.6. The van der Waals surface area contributed by atoms with Crippen molar-refractivity contribution < 1.29 is 24.5 Å². The second-order valence-electron chi connectivity index (χ2n) is 9.93. The van der Waals surface area contributed by atoms with Gasteiger partial charge in [0.15, 0.2) is 0 Å². The number of para-hydroxylation sites is 1. The number of carbonyl (C=O) groups is 1. The molecule has 3 aliphatic rings. The summed E-state index contributed by atoms with van der Waals surface area (Å²) in [6, 6.07) is 15.7. The van der Waals surface area contributed by atoms with E-state index in [9.17, 15) is 15.0 Å². The van der Waals surface area contributed by atoms with Crippen LogP contribution in [0.25, 0.3) is 0 Å². The molecule has 2 aromatic rings.